The lowest BCUT2D eigenvalue weighted by molar-refractivity contribution is 0.0976. The molecule has 1 aromatic carbocycles. The minimum absolute atomic E-state index is 0.144. The fraction of sp³-hybridized carbons (Fsp3) is 0.452. The molecule has 0 saturated carbocycles. The lowest BCUT2D eigenvalue weighted by atomic mass is 9.91. The van der Waals surface area contributed by atoms with Crippen LogP contribution in [-0.4, -0.2) is 42.9 Å². The fourth-order valence-corrected chi connectivity index (χ4v) is 5.83. The number of rotatable bonds is 11. The van der Waals surface area contributed by atoms with Gasteiger partial charge in [0.1, 0.15) is 18.2 Å². The van der Waals surface area contributed by atoms with Crippen molar-refractivity contribution in [2.24, 2.45) is 5.92 Å². The topological polar surface area (TPSA) is 122 Å². The third-order valence-corrected chi connectivity index (χ3v) is 8.37. The number of carbonyl (C=O) groups is 1. The monoisotopic (exact) mass is 597 g/mol. The molecule has 1 aliphatic heterocycles. The van der Waals surface area contributed by atoms with Crippen LogP contribution in [0.25, 0.3) is 0 Å². The minimum Gasteiger partial charge on any atom is -0.489 e. The molecule has 42 heavy (non-hydrogen) atoms. The molecule has 226 valence electrons. The maximum atomic E-state index is 14.7. The second kappa shape index (κ2) is 12.7. The highest BCUT2D eigenvalue weighted by Crippen LogP contribution is 2.27. The van der Waals surface area contributed by atoms with Crippen molar-refractivity contribution >= 4 is 21.7 Å². The first-order valence-corrected chi connectivity index (χ1v) is 15.6. The van der Waals surface area contributed by atoms with Crippen molar-refractivity contribution < 1.29 is 22.3 Å². The highest BCUT2D eigenvalue weighted by atomic mass is 32.2. The largest absolute Gasteiger partial charge is 0.489 e. The molecule has 3 aromatic rings. The second-order valence-corrected chi connectivity index (χ2v) is 14.1. The zero-order valence-corrected chi connectivity index (χ0v) is 25.6. The number of halogens is 1. The summed E-state index contributed by atoms with van der Waals surface area (Å²) in [6, 6.07) is 15.0. The molecule has 9 nitrogen and oxygen atoms in total. The number of sulfonamides is 1. The van der Waals surface area contributed by atoms with Gasteiger partial charge in [0, 0.05) is 35.3 Å². The van der Waals surface area contributed by atoms with E-state index in [1.54, 1.807) is 6.07 Å². The Hall–Kier alpha value is -3.57. The van der Waals surface area contributed by atoms with Crippen LogP contribution in [0.15, 0.2) is 59.6 Å². The van der Waals surface area contributed by atoms with E-state index in [1.165, 1.54) is 18.2 Å². The van der Waals surface area contributed by atoms with Crippen LogP contribution in [0.3, 0.4) is 0 Å². The van der Waals surface area contributed by atoms with Gasteiger partial charge in [0.2, 0.25) is 5.95 Å². The van der Waals surface area contributed by atoms with Gasteiger partial charge in [-0.3, -0.25) is 4.79 Å². The average molecular weight is 598 g/mol. The summed E-state index contributed by atoms with van der Waals surface area (Å²) >= 11 is 0. The van der Waals surface area contributed by atoms with E-state index in [1.807, 2.05) is 55.8 Å². The Kier molecular flexibility index (Phi) is 9.52. The van der Waals surface area contributed by atoms with Crippen molar-refractivity contribution in [1.29, 1.82) is 0 Å². The number of carbonyl (C=O) groups excluding carboxylic acids is 1. The fourth-order valence-electron chi connectivity index (χ4n) is 4.88. The molecule has 1 atom stereocenters. The number of nitrogens with one attached hydrogen (secondary N) is 3. The van der Waals surface area contributed by atoms with Gasteiger partial charge >= 0.3 is 0 Å². The van der Waals surface area contributed by atoms with Crippen molar-refractivity contribution in [2.75, 3.05) is 18.4 Å². The van der Waals surface area contributed by atoms with Crippen molar-refractivity contribution in [3.8, 4) is 5.75 Å². The number of ether oxygens (including phenoxy) is 1. The van der Waals surface area contributed by atoms with Gasteiger partial charge in [-0.25, -0.2) is 14.7 Å². The predicted molar refractivity (Wildman–Crippen MR) is 160 cm³/mol. The van der Waals surface area contributed by atoms with Crippen molar-refractivity contribution in [3.63, 3.8) is 0 Å². The highest BCUT2D eigenvalue weighted by molar-refractivity contribution is 7.90. The van der Waals surface area contributed by atoms with Crippen molar-refractivity contribution in [3.05, 3.63) is 77.4 Å². The highest BCUT2D eigenvalue weighted by Gasteiger charge is 2.30. The molecule has 11 heteroatoms. The molecule has 0 bridgehead atoms. The van der Waals surface area contributed by atoms with E-state index < -0.39 is 37.9 Å². The van der Waals surface area contributed by atoms with E-state index in [-0.39, 0.29) is 17.9 Å². The number of hydrogen-bond acceptors (Lipinski definition) is 8. The number of hydrogen-bond donors (Lipinski definition) is 3. The summed E-state index contributed by atoms with van der Waals surface area (Å²) in [5, 5.41) is 6.30. The Labute approximate surface area is 247 Å². The average Bonchev–Trinajstić information content (AvgIpc) is 3.27. The molecule has 1 saturated heterocycles. The van der Waals surface area contributed by atoms with Crippen LogP contribution in [0, 0.1) is 11.9 Å². The van der Waals surface area contributed by atoms with E-state index in [0.29, 0.717) is 24.0 Å². The van der Waals surface area contributed by atoms with Crippen LogP contribution in [-0.2, 0) is 22.0 Å². The molecular formula is C31H40FN5O4S. The molecule has 0 aliphatic carbocycles. The first kappa shape index (κ1) is 31.4. The van der Waals surface area contributed by atoms with Crippen LogP contribution < -0.4 is 20.1 Å². The Morgan fingerprint density at radius 1 is 1.12 bits per heavy atom. The van der Waals surface area contributed by atoms with Crippen LogP contribution in [0.5, 0.6) is 5.75 Å². The van der Waals surface area contributed by atoms with Crippen molar-refractivity contribution in [2.45, 2.75) is 76.5 Å². The lowest BCUT2D eigenvalue weighted by Gasteiger charge is -2.18. The molecule has 1 fully saturated rings. The van der Waals surface area contributed by atoms with Gasteiger partial charge in [0.05, 0.1) is 5.56 Å². The van der Waals surface area contributed by atoms with Gasteiger partial charge in [0.15, 0.2) is 5.03 Å². The van der Waals surface area contributed by atoms with E-state index in [9.17, 15) is 17.6 Å². The quantitative estimate of drug-likeness (QED) is 0.204. The first-order chi connectivity index (χ1) is 19.7. The van der Waals surface area contributed by atoms with Gasteiger partial charge in [-0.2, -0.15) is 12.8 Å². The summed E-state index contributed by atoms with van der Waals surface area (Å²) in [7, 11) is -4.48. The molecule has 4 rings (SSSR count). The van der Waals surface area contributed by atoms with Crippen LogP contribution in [0.2, 0.25) is 0 Å². The molecule has 1 unspecified atom stereocenters. The predicted octanol–water partition coefficient (Wildman–Crippen LogP) is 5.19. The molecule has 1 aliphatic rings. The smallest absolute Gasteiger partial charge is 0.282 e. The SMILES string of the molecule is CC1(C)CC(CCCNc2cc(OCc3ccccc3)cc(S(=O)(=O)NC(=O)c3ccc(C(C)(C)C)nc3F)n2)CN1. The Balaban J connectivity index is 1.50. The number of anilines is 1. The standard InChI is InChI=1S/C31H40FN5O4S/c1-30(2,3)25-14-13-24(28(32)35-25)29(38)37-42(39,40)27-17-23(41-20-21-10-7-6-8-11-21)16-26(36-27)33-15-9-12-22-18-31(4,5)34-19-22/h6-8,10-11,13-14,16-17,22,34H,9,12,15,18-20H2,1-5H3,(H,33,36)(H,37,38). The maximum absolute atomic E-state index is 14.7. The number of nitrogens with zero attached hydrogens (tertiary/aromatic N) is 2. The van der Waals surface area contributed by atoms with E-state index in [2.05, 4.69) is 34.4 Å². The lowest BCUT2D eigenvalue weighted by Crippen LogP contribution is -2.32. The minimum atomic E-state index is -4.48. The normalized spacial score (nSPS) is 16.7. The Morgan fingerprint density at radius 2 is 1.86 bits per heavy atom. The van der Waals surface area contributed by atoms with Gasteiger partial charge in [-0.1, -0.05) is 51.1 Å². The Morgan fingerprint density at radius 3 is 2.50 bits per heavy atom. The van der Waals surface area contributed by atoms with Gasteiger partial charge in [-0.05, 0) is 63.3 Å². The zero-order chi connectivity index (χ0) is 30.5. The number of amides is 1. The van der Waals surface area contributed by atoms with E-state index >= 15 is 0 Å². The summed E-state index contributed by atoms with van der Waals surface area (Å²) in [6.07, 6.45) is 2.99. The van der Waals surface area contributed by atoms with Crippen LogP contribution in [0.4, 0.5) is 10.2 Å². The number of benzene rings is 1. The zero-order valence-electron chi connectivity index (χ0n) is 24.8. The van der Waals surface area contributed by atoms with Gasteiger partial charge in [-0.15, -0.1) is 0 Å². The summed E-state index contributed by atoms with van der Waals surface area (Å²) < 4.78 is 49.1. The molecule has 1 amide bonds. The summed E-state index contributed by atoms with van der Waals surface area (Å²) in [5.41, 5.74) is 0.557. The second-order valence-electron chi connectivity index (χ2n) is 12.4. The van der Waals surface area contributed by atoms with E-state index in [4.69, 9.17) is 4.74 Å². The van der Waals surface area contributed by atoms with Gasteiger partial charge in [0.25, 0.3) is 15.9 Å². The van der Waals surface area contributed by atoms with Crippen molar-refractivity contribution in [1.82, 2.24) is 20.0 Å². The maximum Gasteiger partial charge on any atom is 0.282 e. The van der Waals surface area contributed by atoms with Crippen LogP contribution in [0.1, 0.15) is 75.5 Å². The molecule has 0 radical (unpaired) electrons. The van der Waals surface area contributed by atoms with E-state index in [0.717, 1.165) is 31.4 Å². The van der Waals surface area contributed by atoms with Crippen LogP contribution >= 0.6 is 0 Å². The number of pyridine rings is 2. The summed E-state index contributed by atoms with van der Waals surface area (Å²) in [4.78, 5) is 20.9. The first-order valence-electron chi connectivity index (χ1n) is 14.1. The third-order valence-electron chi connectivity index (χ3n) is 7.15. The Bertz CT molecular complexity index is 1510. The molecule has 3 heterocycles. The van der Waals surface area contributed by atoms with Gasteiger partial charge < -0.3 is 15.4 Å². The third kappa shape index (κ3) is 8.48. The molecule has 0 spiro atoms. The molecule has 3 N–H and O–H groups in total. The molecule has 2 aromatic heterocycles. The molecular weight excluding hydrogens is 557 g/mol. The summed E-state index contributed by atoms with van der Waals surface area (Å²) in [5.74, 6) is -1.06. The number of aromatic nitrogens is 2. The summed E-state index contributed by atoms with van der Waals surface area (Å²) in [6.45, 7) is 11.7.